The summed E-state index contributed by atoms with van der Waals surface area (Å²) in [6.07, 6.45) is 0. The number of anilines is 3. The fourth-order valence-corrected chi connectivity index (χ4v) is 11.4. The average molecular weight is 867 g/mol. The van der Waals surface area contributed by atoms with Gasteiger partial charge >= 0.3 is 0 Å². The van der Waals surface area contributed by atoms with Crippen molar-refractivity contribution in [2.75, 3.05) is 4.90 Å². The Morgan fingerprint density at radius 1 is 0.368 bits per heavy atom. The summed E-state index contributed by atoms with van der Waals surface area (Å²) in [6.45, 7) is 2.41. The average Bonchev–Trinajstić information content (AvgIpc) is 3.90. The van der Waals surface area contributed by atoms with Crippen molar-refractivity contribution >= 4 is 49.6 Å². The van der Waals surface area contributed by atoms with E-state index in [4.69, 9.17) is 0 Å². The second-order valence-corrected chi connectivity index (χ2v) is 18.1. The van der Waals surface area contributed by atoms with Crippen LogP contribution in [0.25, 0.3) is 82.8 Å². The van der Waals surface area contributed by atoms with Crippen LogP contribution in [0.5, 0.6) is 0 Å². The topological polar surface area (TPSA) is 8.17 Å². The number of hydrogen-bond acceptors (Lipinski definition) is 1. The van der Waals surface area contributed by atoms with Gasteiger partial charge in [-0.15, -0.1) is 0 Å². The van der Waals surface area contributed by atoms with Crippen LogP contribution in [0, 0.1) is 0 Å². The molecule has 13 rings (SSSR count). The van der Waals surface area contributed by atoms with Gasteiger partial charge in [0.05, 0.1) is 22.4 Å². The summed E-state index contributed by atoms with van der Waals surface area (Å²) in [5, 5.41) is 4.93. The van der Waals surface area contributed by atoms with Crippen molar-refractivity contribution in [3.05, 3.63) is 278 Å². The van der Waals surface area contributed by atoms with Crippen LogP contribution >= 0.6 is 0 Å². The maximum atomic E-state index is 2.54. The zero-order valence-corrected chi connectivity index (χ0v) is 37.7. The number of aromatic nitrogens is 1. The van der Waals surface area contributed by atoms with Gasteiger partial charge in [0.1, 0.15) is 0 Å². The summed E-state index contributed by atoms with van der Waals surface area (Å²) < 4.78 is 2.41. The lowest BCUT2D eigenvalue weighted by molar-refractivity contribution is 0.714. The predicted molar refractivity (Wildman–Crippen MR) is 287 cm³/mol. The SMILES string of the molecule is CC1(c2ccccc2)c2ccccc2-c2c(N(c3cccc(-c4cccc5c4c4ccccc4n5-c4ccccc4)c3)c3ccccc3-c3cccc4cccc(-c5ccccc5)c34)cccc21. The molecular formula is C66H46N2. The van der Waals surface area contributed by atoms with Gasteiger partial charge in [-0.3, -0.25) is 0 Å². The van der Waals surface area contributed by atoms with Gasteiger partial charge in [-0.1, -0.05) is 212 Å². The van der Waals surface area contributed by atoms with E-state index in [9.17, 15) is 0 Å². The van der Waals surface area contributed by atoms with E-state index in [-0.39, 0.29) is 5.41 Å². The molecular weight excluding hydrogens is 821 g/mol. The zero-order valence-electron chi connectivity index (χ0n) is 37.7. The normalized spacial score (nSPS) is 14.0. The van der Waals surface area contributed by atoms with Gasteiger partial charge in [0.15, 0.2) is 0 Å². The third-order valence-corrected chi connectivity index (χ3v) is 14.5. The van der Waals surface area contributed by atoms with Gasteiger partial charge in [0, 0.05) is 38.7 Å². The van der Waals surface area contributed by atoms with Crippen molar-refractivity contribution in [3.63, 3.8) is 0 Å². The van der Waals surface area contributed by atoms with Crippen LogP contribution in [-0.2, 0) is 5.41 Å². The molecule has 0 amide bonds. The minimum absolute atomic E-state index is 0.362. The highest BCUT2D eigenvalue weighted by Crippen LogP contribution is 2.57. The molecule has 320 valence electrons. The fraction of sp³-hybridized carbons (Fsp3) is 0.0303. The number of benzene rings is 11. The maximum Gasteiger partial charge on any atom is 0.0547 e. The molecule has 0 fully saturated rings. The second-order valence-electron chi connectivity index (χ2n) is 18.1. The van der Waals surface area contributed by atoms with Gasteiger partial charge in [-0.2, -0.15) is 0 Å². The monoisotopic (exact) mass is 866 g/mol. The Kier molecular flexibility index (Phi) is 9.33. The Balaban J connectivity index is 1.09. The first-order valence-corrected chi connectivity index (χ1v) is 23.6. The molecule has 0 radical (unpaired) electrons. The van der Waals surface area contributed by atoms with Crippen LogP contribution < -0.4 is 4.90 Å². The van der Waals surface area contributed by atoms with Gasteiger partial charge in [0.2, 0.25) is 0 Å². The van der Waals surface area contributed by atoms with Crippen LogP contribution in [0.2, 0.25) is 0 Å². The van der Waals surface area contributed by atoms with E-state index in [2.05, 4.69) is 277 Å². The van der Waals surface area contributed by atoms with Crippen molar-refractivity contribution in [1.82, 2.24) is 4.57 Å². The van der Waals surface area contributed by atoms with Crippen molar-refractivity contribution in [2.45, 2.75) is 12.3 Å². The minimum Gasteiger partial charge on any atom is -0.309 e. The van der Waals surface area contributed by atoms with Crippen LogP contribution in [0.1, 0.15) is 23.6 Å². The molecule has 2 nitrogen and oxygen atoms in total. The molecule has 0 saturated carbocycles. The number of fused-ring (bicyclic) bond motifs is 7. The largest absolute Gasteiger partial charge is 0.309 e. The molecule has 1 unspecified atom stereocenters. The van der Waals surface area contributed by atoms with Crippen LogP contribution in [0.4, 0.5) is 17.1 Å². The molecule has 1 aliphatic carbocycles. The molecule has 68 heavy (non-hydrogen) atoms. The predicted octanol–water partition coefficient (Wildman–Crippen LogP) is 17.7. The minimum atomic E-state index is -0.362. The smallest absolute Gasteiger partial charge is 0.0547 e. The van der Waals surface area contributed by atoms with E-state index in [0.29, 0.717) is 0 Å². The van der Waals surface area contributed by atoms with E-state index >= 15 is 0 Å². The van der Waals surface area contributed by atoms with Crippen molar-refractivity contribution in [3.8, 4) is 50.2 Å². The van der Waals surface area contributed by atoms with Crippen LogP contribution in [-0.4, -0.2) is 4.57 Å². The maximum absolute atomic E-state index is 2.54. The molecule has 0 saturated heterocycles. The number of nitrogens with zero attached hydrogens (tertiary/aromatic N) is 2. The molecule has 0 N–H and O–H groups in total. The second kappa shape index (κ2) is 16.0. The first-order chi connectivity index (χ1) is 33.7. The lowest BCUT2D eigenvalue weighted by atomic mass is 9.74. The van der Waals surface area contributed by atoms with E-state index in [1.54, 1.807) is 0 Å². The summed E-state index contributed by atoms with van der Waals surface area (Å²) in [7, 11) is 0. The van der Waals surface area contributed by atoms with Gasteiger partial charge in [-0.25, -0.2) is 0 Å². The highest BCUT2D eigenvalue weighted by Gasteiger charge is 2.42. The Hall–Kier alpha value is -8.72. The van der Waals surface area contributed by atoms with Crippen molar-refractivity contribution in [2.24, 2.45) is 0 Å². The van der Waals surface area contributed by atoms with E-state index in [1.165, 1.54) is 82.6 Å². The highest BCUT2D eigenvalue weighted by molar-refractivity contribution is 6.16. The molecule has 1 heterocycles. The molecule has 0 spiro atoms. The number of para-hydroxylation sites is 3. The summed E-state index contributed by atoms with van der Waals surface area (Å²) in [4.78, 5) is 2.54. The molecule has 0 bridgehead atoms. The molecule has 1 aliphatic rings. The van der Waals surface area contributed by atoms with Gasteiger partial charge < -0.3 is 9.47 Å². The molecule has 11 aromatic carbocycles. The number of hydrogen-bond donors (Lipinski definition) is 0. The van der Waals surface area contributed by atoms with E-state index in [0.717, 1.165) is 33.9 Å². The molecule has 1 aromatic heterocycles. The summed E-state index contributed by atoms with van der Waals surface area (Å²) in [5.74, 6) is 0. The van der Waals surface area contributed by atoms with Crippen LogP contribution in [0.15, 0.2) is 261 Å². The fourth-order valence-electron chi connectivity index (χ4n) is 11.4. The third-order valence-electron chi connectivity index (χ3n) is 14.5. The lowest BCUT2D eigenvalue weighted by Crippen LogP contribution is -2.22. The zero-order chi connectivity index (χ0) is 45.2. The first kappa shape index (κ1) is 39.6. The standard InChI is InChI=1S/C66H46N2/c1-66(48-27-7-3-8-28-48)57-38-14-11-33-55(57)65-58(66)39-21-43-62(65)68(59-40-15-12-32-53(59)54-37-19-25-46-24-18-35-51(63(46)54)45-22-5-2-6-23-45)50-31-17-26-47(44-50)52-36-20-42-61-64(52)56-34-13-16-41-60(56)67(61)49-29-9-4-10-30-49/h2-44H,1H3. The summed E-state index contributed by atoms with van der Waals surface area (Å²) in [5.41, 5.74) is 20.1. The Labute approximate surface area is 397 Å². The summed E-state index contributed by atoms with van der Waals surface area (Å²) in [6, 6.07) is 95.9. The Morgan fingerprint density at radius 2 is 0.912 bits per heavy atom. The first-order valence-electron chi connectivity index (χ1n) is 23.6. The third kappa shape index (κ3) is 6.11. The van der Waals surface area contributed by atoms with E-state index < -0.39 is 0 Å². The Bertz CT molecular complexity index is 3860. The quantitative estimate of drug-likeness (QED) is 0.148. The van der Waals surface area contributed by atoms with Crippen molar-refractivity contribution < 1.29 is 0 Å². The van der Waals surface area contributed by atoms with Crippen molar-refractivity contribution in [1.29, 1.82) is 0 Å². The van der Waals surface area contributed by atoms with Crippen LogP contribution in [0.3, 0.4) is 0 Å². The molecule has 0 aliphatic heterocycles. The molecule has 2 heteroatoms. The lowest BCUT2D eigenvalue weighted by Gasteiger charge is -2.32. The van der Waals surface area contributed by atoms with E-state index in [1.807, 2.05) is 0 Å². The van der Waals surface area contributed by atoms with Gasteiger partial charge in [0.25, 0.3) is 0 Å². The molecule has 1 atom stereocenters. The van der Waals surface area contributed by atoms with Gasteiger partial charge in [-0.05, 0) is 116 Å². The Morgan fingerprint density at radius 3 is 1.72 bits per heavy atom. The number of rotatable bonds is 8. The summed E-state index contributed by atoms with van der Waals surface area (Å²) >= 11 is 0. The molecule has 12 aromatic rings. The highest BCUT2D eigenvalue weighted by atomic mass is 15.1.